The maximum Gasteiger partial charge on any atom is 0.257 e. The van der Waals surface area contributed by atoms with E-state index in [0.29, 0.717) is 29.6 Å². The van der Waals surface area contributed by atoms with Crippen molar-refractivity contribution in [1.82, 2.24) is 15.0 Å². The van der Waals surface area contributed by atoms with E-state index >= 15 is 0 Å². The predicted molar refractivity (Wildman–Crippen MR) is 111 cm³/mol. The Balaban J connectivity index is 1.55. The number of hydrogen-bond donors (Lipinski definition) is 0. The molecule has 0 saturated heterocycles. The number of aromatic nitrogens is 2. The number of ether oxygens (including phenoxy) is 1. The van der Waals surface area contributed by atoms with Gasteiger partial charge in [-0.15, -0.1) is 0 Å². The lowest BCUT2D eigenvalue weighted by molar-refractivity contribution is 0.0780. The highest BCUT2D eigenvalue weighted by Gasteiger charge is 2.21. The number of hydrogen-bond acceptors (Lipinski definition) is 6. The van der Waals surface area contributed by atoms with E-state index in [4.69, 9.17) is 13.7 Å². The van der Waals surface area contributed by atoms with Crippen molar-refractivity contribution in [2.75, 3.05) is 7.05 Å². The molecule has 0 atom stereocenters. The maximum atomic E-state index is 13.2. The number of aryl methyl sites for hydroxylation is 2. The minimum atomic E-state index is -0.137. The molecule has 0 saturated carbocycles. The lowest BCUT2D eigenvalue weighted by Crippen LogP contribution is -2.27. The number of rotatable bonds is 7. The van der Waals surface area contributed by atoms with Crippen LogP contribution in [0.5, 0.6) is 5.75 Å². The fourth-order valence-corrected chi connectivity index (χ4v) is 3.43. The molecule has 0 aliphatic carbocycles. The average Bonchev–Trinajstić information content (AvgIpc) is 3.35. The van der Waals surface area contributed by atoms with Gasteiger partial charge in [-0.05, 0) is 18.2 Å². The van der Waals surface area contributed by atoms with Crippen LogP contribution >= 0.6 is 0 Å². The van der Waals surface area contributed by atoms with Gasteiger partial charge in [0.05, 0.1) is 5.56 Å². The molecule has 0 spiro atoms. The maximum absolute atomic E-state index is 13.2. The Morgan fingerprint density at radius 1 is 1.13 bits per heavy atom. The van der Waals surface area contributed by atoms with Crippen molar-refractivity contribution in [1.29, 1.82) is 0 Å². The van der Waals surface area contributed by atoms with Crippen LogP contribution in [0.3, 0.4) is 0 Å². The van der Waals surface area contributed by atoms with Gasteiger partial charge in [-0.25, -0.2) is 0 Å². The summed E-state index contributed by atoms with van der Waals surface area (Å²) in [4.78, 5) is 19.0. The van der Waals surface area contributed by atoms with Crippen LogP contribution in [0.25, 0.3) is 11.0 Å². The highest BCUT2D eigenvalue weighted by molar-refractivity contribution is 5.97. The summed E-state index contributed by atoms with van der Waals surface area (Å²) in [7, 11) is 1.78. The lowest BCUT2D eigenvalue weighted by Gasteiger charge is -2.19. The minimum absolute atomic E-state index is 0.123. The van der Waals surface area contributed by atoms with E-state index in [2.05, 4.69) is 10.1 Å². The summed E-state index contributed by atoms with van der Waals surface area (Å²) in [6.07, 6.45) is 0.760. The van der Waals surface area contributed by atoms with Crippen LogP contribution in [0.2, 0.25) is 0 Å². The zero-order valence-corrected chi connectivity index (χ0v) is 17.2. The molecule has 2 heterocycles. The van der Waals surface area contributed by atoms with Crippen LogP contribution in [0.15, 0.2) is 57.5 Å². The molecule has 0 unspecified atom stereocenters. The molecule has 2 aromatic carbocycles. The molecule has 0 aliphatic rings. The van der Waals surface area contributed by atoms with Gasteiger partial charge >= 0.3 is 0 Å². The second-order valence-electron chi connectivity index (χ2n) is 7.03. The Bertz CT molecular complexity index is 1180. The fourth-order valence-electron chi connectivity index (χ4n) is 3.43. The number of furan rings is 1. The van der Waals surface area contributed by atoms with Gasteiger partial charge in [-0.2, -0.15) is 4.98 Å². The van der Waals surface area contributed by atoms with E-state index in [1.54, 1.807) is 31.0 Å². The van der Waals surface area contributed by atoms with Gasteiger partial charge < -0.3 is 18.6 Å². The molecule has 0 fully saturated rings. The summed E-state index contributed by atoms with van der Waals surface area (Å²) in [6, 6.07) is 15.1. The van der Waals surface area contributed by atoms with Gasteiger partial charge in [0.2, 0.25) is 11.7 Å². The van der Waals surface area contributed by atoms with E-state index in [-0.39, 0.29) is 12.5 Å². The topological polar surface area (TPSA) is 81.6 Å². The number of para-hydroxylation sites is 2. The first-order valence-corrected chi connectivity index (χ1v) is 9.82. The number of nitrogens with zero attached hydrogens (tertiary/aromatic N) is 3. The highest BCUT2D eigenvalue weighted by atomic mass is 16.5. The zero-order valence-electron chi connectivity index (χ0n) is 17.2. The summed E-state index contributed by atoms with van der Waals surface area (Å²) >= 11 is 0. The predicted octanol–water partition coefficient (Wildman–Crippen LogP) is 4.54. The Hall–Kier alpha value is -3.61. The standard InChI is InChI=1S/C23H23N3O4/c1-4-19-18(16-9-5-8-12-21(16)29-19)13-26(3)23(27)17-10-6-7-11-20(17)28-14-22-24-15(2)30-25-22/h5-12H,4,13-14H2,1-3H3. The number of carbonyl (C=O) groups is 1. The summed E-state index contributed by atoms with van der Waals surface area (Å²) in [5.41, 5.74) is 2.35. The normalized spacial score (nSPS) is 11.0. The van der Waals surface area contributed by atoms with Crippen LogP contribution in [-0.2, 0) is 19.6 Å². The first kappa shape index (κ1) is 19.7. The monoisotopic (exact) mass is 405 g/mol. The van der Waals surface area contributed by atoms with Gasteiger partial charge in [0.25, 0.3) is 5.91 Å². The van der Waals surface area contributed by atoms with Crippen LogP contribution < -0.4 is 4.74 Å². The van der Waals surface area contributed by atoms with Crippen molar-refractivity contribution in [2.45, 2.75) is 33.4 Å². The smallest absolute Gasteiger partial charge is 0.257 e. The van der Waals surface area contributed by atoms with Gasteiger partial charge in [-0.1, -0.05) is 42.4 Å². The molecule has 4 aromatic rings. The molecular weight excluding hydrogens is 382 g/mol. The van der Waals surface area contributed by atoms with Crippen LogP contribution in [-0.4, -0.2) is 28.0 Å². The first-order valence-electron chi connectivity index (χ1n) is 9.82. The lowest BCUT2D eigenvalue weighted by atomic mass is 10.1. The quantitative estimate of drug-likeness (QED) is 0.449. The first-order chi connectivity index (χ1) is 14.6. The summed E-state index contributed by atoms with van der Waals surface area (Å²) in [5.74, 6) is 2.14. The molecule has 30 heavy (non-hydrogen) atoms. The third kappa shape index (κ3) is 3.91. The Labute approximate surface area is 174 Å². The number of amides is 1. The van der Waals surface area contributed by atoms with E-state index in [1.807, 2.05) is 43.3 Å². The van der Waals surface area contributed by atoms with E-state index in [1.165, 1.54) is 0 Å². The summed E-state index contributed by atoms with van der Waals surface area (Å²) < 4.78 is 16.7. The molecule has 4 rings (SSSR count). The number of carbonyl (C=O) groups excluding carboxylic acids is 1. The second-order valence-corrected chi connectivity index (χ2v) is 7.03. The van der Waals surface area contributed by atoms with Crippen LogP contribution in [0.1, 0.15) is 40.3 Å². The molecular formula is C23H23N3O4. The average molecular weight is 405 g/mol. The largest absolute Gasteiger partial charge is 0.485 e. The van der Waals surface area contributed by atoms with Crippen molar-refractivity contribution < 1.29 is 18.5 Å². The van der Waals surface area contributed by atoms with Crippen molar-refractivity contribution in [3.05, 3.63) is 77.1 Å². The van der Waals surface area contributed by atoms with Crippen LogP contribution in [0.4, 0.5) is 0 Å². The SMILES string of the molecule is CCc1oc2ccccc2c1CN(C)C(=O)c1ccccc1OCc1noc(C)n1. The Kier molecular flexibility index (Phi) is 5.52. The zero-order chi connectivity index (χ0) is 21.1. The minimum Gasteiger partial charge on any atom is -0.485 e. The molecule has 2 aromatic heterocycles. The van der Waals surface area contributed by atoms with Gasteiger partial charge in [0.1, 0.15) is 17.1 Å². The molecule has 7 nitrogen and oxygen atoms in total. The highest BCUT2D eigenvalue weighted by Crippen LogP contribution is 2.28. The van der Waals surface area contributed by atoms with Crippen molar-refractivity contribution in [3.8, 4) is 5.75 Å². The molecule has 0 N–H and O–H groups in total. The molecule has 154 valence electrons. The molecule has 7 heteroatoms. The second kappa shape index (κ2) is 8.41. The van der Waals surface area contributed by atoms with Crippen molar-refractivity contribution >= 4 is 16.9 Å². The van der Waals surface area contributed by atoms with Crippen molar-refractivity contribution in [2.24, 2.45) is 0 Å². The molecule has 0 bridgehead atoms. The third-order valence-corrected chi connectivity index (χ3v) is 4.89. The fraction of sp³-hybridized carbons (Fsp3) is 0.261. The Morgan fingerprint density at radius 3 is 2.67 bits per heavy atom. The van der Waals surface area contributed by atoms with Gasteiger partial charge in [-0.3, -0.25) is 4.79 Å². The molecule has 0 aliphatic heterocycles. The van der Waals surface area contributed by atoms with E-state index < -0.39 is 0 Å². The Morgan fingerprint density at radius 2 is 1.90 bits per heavy atom. The van der Waals surface area contributed by atoms with Crippen molar-refractivity contribution in [3.63, 3.8) is 0 Å². The summed E-state index contributed by atoms with van der Waals surface area (Å²) in [5, 5.41) is 4.85. The summed E-state index contributed by atoms with van der Waals surface area (Å²) in [6.45, 7) is 4.33. The van der Waals surface area contributed by atoms with Crippen LogP contribution in [0, 0.1) is 6.92 Å². The number of benzene rings is 2. The molecule has 1 amide bonds. The number of fused-ring (bicyclic) bond motifs is 1. The third-order valence-electron chi connectivity index (χ3n) is 4.89. The van der Waals surface area contributed by atoms with Gasteiger partial charge in [0.15, 0.2) is 6.61 Å². The van der Waals surface area contributed by atoms with E-state index in [9.17, 15) is 4.79 Å². The van der Waals surface area contributed by atoms with Gasteiger partial charge in [0, 0.05) is 37.9 Å². The molecule has 0 radical (unpaired) electrons. The van der Waals surface area contributed by atoms with E-state index in [0.717, 1.165) is 28.7 Å².